The number of amides is 1. The molecule has 2 aromatic heterocycles. The lowest BCUT2D eigenvalue weighted by atomic mass is 9.92. The molecule has 2 aromatic rings. The van der Waals surface area contributed by atoms with Crippen LogP contribution >= 0.6 is 0 Å². The number of carbonyl (C=O) groups excluding carboxylic acids is 1. The summed E-state index contributed by atoms with van der Waals surface area (Å²) in [4.78, 5) is 18.0. The zero-order valence-electron chi connectivity index (χ0n) is 14.7. The Labute approximate surface area is 143 Å². The van der Waals surface area contributed by atoms with Crippen LogP contribution in [-0.4, -0.2) is 34.7 Å². The quantitative estimate of drug-likeness (QED) is 0.836. The maximum Gasteiger partial charge on any atom is 0.410 e. The molecule has 0 atom stereocenters. The van der Waals surface area contributed by atoms with Gasteiger partial charge in [0.15, 0.2) is 5.58 Å². The molecule has 1 fully saturated rings. The lowest BCUT2D eigenvalue weighted by molar-refractivity contribution is 0.0181. The van der Waals surface area contributed by atoms with Crippen molar-refractivity contribution < 1.29 is 13.9 Å². The fourth-order valence-corrected chi connectivity index (χ4v) is 3.14. The van der Waals surface area contributed by atoms with Gasteiger partial charge in [-0.25, -0.2) is 4.79 Å². The summed E-state index contributed by atoms with van der Waals surface area (Å²) in [7, 11) is 0. The molecule has 0 saturated carbocycles. The van der Waals surface area contributed by atoms with Gasteiger partial charge in [-0.3, -0.25) is 4.98 Å². The number of hydrogen-bond acceptors (Lipinski definition) is 4. The van der Waals surface area contributed by atoms with Crippen LogP contribution in [0.25, 0.3) is 11.0 Å². The van der Waals surface area contributed by atoms with Crippen LogP contribution < -0.4 is 0 Å². The van der Waals surface area contributed by atoms with Crippen LogP contribution in [0.15, 0.2) is 28.9 Å². The van der Waals surface area contributed by atoms with Gasteiger partial charge in [-0.1, -0.05) is 0 Å². The molecule has 0 bridgehead atoms. The maximum atomic E-state index is 12.1. The second-order valence-electron chi connectivity index (χ2n) is 7.58. The summed E-state index contributed by atoms with van der Waals surface area (Å²) < 4.78 is 11.3. The summed E-state index contributed by atoms with van der Waals surface area (Å²) in [6.45, 7) is 7.27. The number of ether oxygens (including phenoxy) is 1. The molecule has 1 amide bonds. The van der Waals surface area contributed by atoms with Crippen molar-refractivity contribution in [1.82, 2.24) is 9.88 Å². The van der Waals surface area contributed by atoms with Crippen molar-refractivity contribution in [2.75, 3.05) is 13.1 Å². The van der Waals surface area contributed by atoms with E-state index in [2.05, 4.69) is 11.1 Å². The van der Waals surface area contributed by atoms with E-state index in [-0.39, 0.29) is 6.09 Å². The van der Waals surface area contributed by atoms with E-state index in [0.29, 0.717) is 5.92 Å². The molecule has 5 nitrogen and oxygen atoms in total. The number of likely N-dealkylation sites (tertiary alicyclic amines) is 1. The highest BCUT2D eigenvalue weighted by Crippen LogP contribution is 2.25. The summed E-state index contributed by atoms with van der Waals surface area (Å²) >= 11 is 0. The first-order valence-corrected chi connectivity index (χ1v) is 8.71. The van der Waals surface area contributed by atoms with Crippen LogP contribution in [0.3, 0.4) is 0 Å². The molecular weight excluding hydrogens is 304 g/mol. The normalized spacial score (nSPS) is 16.5. The van der Waals surface area contributed by atoms with E-state index in [1.807, 2.05) is 31.7 Å². The van der Waals surface area contributed by atoms with Crippen molar-refractivity contribution in [3.63, 3.8) is 0 Å². The fourth-order valence-electron chi connectivity index (χ4n) is 3.14. The number of aromatic nitrogens is 1. The Bertz CT molecular complexity index is 661. The monoisotopic (exact) mass is 330 g/mol. The van der Waals surface area contributed by atoms with E-state index in [1.165, 1.54) is 0 Å². The molecule has 3 heterocycles. The number of nitrogens with zero attached hydrogens (tertiary/aromatic N) is 2. The third kappa shape index (κ3) is 4.28. The topological polar surface area (TPSA) is 55.6 Å². The Kier molecular flexibility index (Phi) is 4.78. The Balaban J connectivity index is 1.46. The van der Waals surface area contributed by atoms with Gasteiger partial charge in [0.2, 0.25) is 0 Å². The number of fused-ring (bicyclic) bond motifs is 1. The van der Waals surface area contributed by atoms with Crippen molar-refractivity contribution in [3.05, 3.63) is 30.3 Å². The summed E-state index contributed by atoms with van der Waals surface area (Å²) in [6.07, 6.45) is 7.45. The van der Waals surface area contributed by atoms with Gasteiger partial charge in [-0.15, -0.1) is 0 Å². The molecule has 0 aliphatic carbocycles. The highest BCUT2D eigenvalue weighted by molar-refractivity contribution is 5.76. The Hall–Kier alpha value is -2.04. The van der Waals surface area contributed by atoms with E-state index < -0.39 is 5.60 Å². The van der Waals surface area contributed by atoms with Crippen LogP contribution in [0, 0.1) is 5.92 Å². The predicted octanol–water partition coefficient (Wildman–Crippen LogP) is 4.41. The smallest absolute Gasteiger partial charge is 0.410 e. The molecule has 1 saturated heterocycles. The van der Waals surface area contributed by atoms with E-state index >= 15 is 0 Å². The highest BCUT2D eigenvalue weighted by Gasteiger charge is 2.26. The summed E-state index contributed by atoms with van der Waals surface area (Å²) in [5.74, 6) is 1.66. The van der Waals surface area contributed by atoms with Crippen LogP contribution in [0.2, 0.25) is 0 Å². The predicted molar refractivity (Wildman–Crippen MR) is 92.9 cm³/mol. The van der Waals surface area contributed by atoms with Gasteiger partial charge in [0.05, 0.1) is 6.20 Å². The summed E-state index contributed by atoms with van der Waals surface area (Å²) in [5, 5.41) is 1.11. The number of piperidine rings is 1. The third-order valence-corrected chi connectivity index (χ3v) is 4.44. The largest absolute Gasteiger partial charge is 0.459 e. The summed E-state index contributed by atoms with van der Waals surface area (Å²) in [6, 6.07) is 4.08. The Morgan fingerprint density at radius 3 is 2.79 bits per heavy atom. The van der Waals surface area contributed by atoms with Crippen molar-refractivity contribution in [3.8, 4) is 0 Å². The van der Waals surface area contributed by atoms with Gasteiger partial charge < -0.3 is 14.1 Å². The lowest BCUT2D eigenvalue weighted by Gasteiger charge is -2.33. The molecule has 24 heavy (non-hydrogen) atoms. The molecule has 0 aromatic carbocycles. The molecule has 3 rings (SSSR count). The Morgan fingerprint density at radius 1 is 1.38 bits per heavy atom. The highest BCUT2D eigenvalue weighted by atomic mass is 16.6. The zero-order chi connectivity index (χ0) is 17.2. The standard InChI is InChI=1S/C19H26N2O3/c1-19(2,3)24-18(22)21-10-7-14(8-11-21)4-5-16-12-15-6-9-20-13-17(15)23-16/h6,9,12-14H,4-5,7-8,10-11H2,1-3H3. The number of carbonyl (C=O) groups is 1. The minimum Gasteiger partial charge on any atom is -0.459 e. The number of aryl methyl sites for hydroxylation is 1. The maximum absolute atomic E-state index is 12.1. The van der Waals surface area contributed by atoms with E-state index in [4.69, 9.17) is 9.15 Å². The van der Waals surface area contributed by atoms with Crippen LogP contribution in [0.4, 0.5) is 4.79 Å². The first kappa shape index (κ1) is 16.8. The average molecular weight is 330 g/mol. The van der Waals surface area contributed by atoms with Crippen LogP contribution in [0.5, 0.6) is 0 Å². The molecule has 1 aliphatic heterocycles. The number of hydrogen-bond donors (Lipinski definition) is 0. The summed E-state index contributed by atoms with van der Waals surface area (Å²) in [5.41, 5.74) is 0.427. The molecule has 0 radical (unpaired) electrons. The molecule has 0 spiro atoms. The first-order chi connectivity index (χ1) is 11.4. The van der Waals surface area contributed by atoms with Gasteiger partial charge in [0, 0.05) is 31.1 Å². The number of furan rings is 1. The second kappa shape index (κ2) is 6.83. The van der Waals surface area contributed by atoms with Crippen molar-refractivity contribution in [2.45, 2.75) is 52.1 Å². The van der Waals surface area contributed by atoms with E-state index in [9.17, 15) is 4.79 Å². The molecule has 0 unspecified atom stereocenters. The van der Waals surface area contributed by atoms with Crippen LogP contribution in [0.1, 0.15) is 45.8 Å². The fraction of sp³-hybridized carbons (Fsp3) is 0.579. The van der Waals surface area contributed by atoms with Gasteiger partial charge >= 0.3 is 6.09 Å². The van der Waals surface area contributed by atoms with Gasteiger partial charge in [-0.2, -0.15) is 0 Å². The molecular formula is C19H26N2O3. The number of rotatable bonds is 3. The van der Waals surface area contributed by atoms with Crippen molar-refractivity contribution >= 4 is 17.1 Å². The molecule has 130 valence electrons. The van der Waals surface area contributed by atoms with Gasteiger partial charge in [0.1, 0.15) is 11.4 Å². The molecule has 1 aliphatic rings. The minimum atomic E-state index is -0.427. The SMILES string of the molecule is CC(C)(C)OC(=O)N1CCC(CCc2cc3ccncc3o2)CC1. The van der Waals surface area contributed by atoms with E-state index in [1.54, 1.807) is 12.4 Å². The molecule has 5 heteroatoms. The third-order valence-electron chi connectivity index (χ3n) is 4.44. The number of pyridine rings is 1. The first-order valence-electron chi connectivity index (χ1n) is 8.71. The van der Waals surface area contributed by atoms with Gasteiger partial charge in [-0.05, 0) is 58.1 Å². The molecule has 0 N–H and O–H groups in total. The van der Waals surface area contributed by atoms with Crippen molar-refractivity contribution in [1.29, 1.82) is 0 Å². The second-order valence-corrected chi connectivity index (χ2v) is 7.58. The average Bonchev–Trinajstić information content (AvgIpc) is 2.94. The zero-order valence-corrected chi connectivity index (χ0v) is 14.7. The van der Waals surface area contributed by atoms with Crippen LogP contribution in [-0.2, 0) is 11.2 Å². The van der Waals surface area contributed by atoms with Gasteiger partial charge in [0.25, 0.3) is 0 Å². The van der Waals surface area contributed by atoms with Crippen molar-refractivity contribution in [2.24, 2.45) is 5.92 Å². The van der Waals surface area contributed by atoms with E-state index in [0.717, 1.165) is 55.5 Å². The lowest BCUT2D eigenvalue weighted by Crippen LogP contribution is -2.41. The Morgan fingerprint density at radius 2 is 2.12 bits per heavy atom. The minimum absolute atomic E-state index is 0.189.